The quantitative estimate of drug-likeness (QED) is 0.135. The molecule has 0 bridgehead atoms. The minimum atomic E-state index is -0.319. The average Bonchev–Trinajstić information content (AvgIpc) is 3.78. The predicted molar refractivity (Wildman–Crippen MR) is 221 cm³/mol. The van der Waals surface area contributed by atoms with E-state index >= 15 is 0 Å². The number of piperazine rings is 1. The van der Waals surface area contributed by atoms with Gasteiger partial charge in [-0.05, 0) is 97.4 Å². The lowest BCUT2D eigenvalue weighted by atomic mass is 10.0. The van der Waals surface area contributed by atoms with Gasteiger partial charge in [-0.15, -0.1) is 0 Å². The molecule has 2 N–H and O–H groups in total. The van der Waals surface area contributed by atoms with Crippen LogP contribution in [-0.2, 0) is 9.59 Å². The van der Waals surface area contributed by atoms with Crippen molar-refractivity contribution in [3.05, 3.63) is 126 Å². The Hall–Kier alpha value is -5.74. The molecule has 2 saturated heterocycles. The van der Waals surface area contributed by atoms with E-state index in [0.717, 1.165) is 117 Å². The number of amides is 3. The molecule has 3 amide bonds. The van der Waals surface area contributed by atoms with Crippen molar-refractivity contribution in [1.29, 1.82) is 0 Å². The van der Waals surface area contributed by atoms with E-state index < -0.39 is 0 Å². The third-order valence-electron chi connectivity index (χ3n) is 11.7. The number of benzene rings is 4. The highest BCUT2D eigenvalue weighted by Crippen LogP contribution is 2.36. The number of likely N-dealkylation sites (N-methyl/N-ethyl adjacent to an activating group) is 1. The number of hydrogen-bond donors (Lipinski definition) is 2. The third kappa shape index (κ3) is 7.97. The zero-order chi connectivity index (χ0) is 38.6. The Morgan fingerprint density at radius 1 is 0.768 bits per heavy atom. The van der Waals surface area contributed by atoms with Gasteiger partial charge in [0.1, 0.15) is 11.9 Å². The molecular weight excluding hydrogens is 699 g/mol. The topological polar surface area (TPSA) is 105 Å². The van der Waals surface area contributed by atoms with Crippen LogP contribution in [0.25, 0.3) is 22.4 Å². The Bertz CT molecular complexity index is 2120. The van der Waals surface area contributed by atoms with Crippen LogP contribution in [0.5, 0.6) is 0 Å². The molecule has 288 valence electrons. The molecule has 5 aromatic rings. The summed E-state index contributed by atoms with van der Waals surface area (Å²) in [6.45, 7) is 9.64. The molecule has 1 aliphatic carbocycles. The van der Waals surface area contributed by atoms with Gasteiger partial charge in [0, 0.05) is 55.6 Å². The summed E-state index contributed by atoms with van der Waals surface area (Å²) in [6, 6.07) is 33.7. The van der Waals surface area contributed by atoms with Crippen LogP contribution in [-0.4, -0.2) is 88.2 Å². The number of H-pyrrole nitrogens is 1. The molecular formula is C46H51N7O3. The Morgan fingerprint density at radius 3 is 2.05 bits per heavy atom. The second kappa shape index (κ2) is 16.5. The smallest absolute Gasteiger partial charge is 0.255 e. The van der Waals surface area contributed by atoms with Gasteiger partial charge in [0.15, 0.2) is 0 Å². The summed E-state index contributed by atoms with van der Waals surface area (Å²) in [6.07, 6.45) is 5.77. The average molecular weight is 750 g/mol. The van der Waals surface area contributed by atoms with Gasteiger partial charge < -0.3 is 25.0 Å². The number of aromatic amines is 1. The molecule has 3 heterocycles. The first-order chi connectivity index (χ1) is 27.4. The number of imidazole rings is 1. The van der Waals surface area contributed by atoms with Crippen LogP contribution < -0.4 is 10.2 Å². The van der Waals surface area contributed by atoms with Gasteiger partial charge in [0.05, 0.1) is 17.9 Å². The van der Waals surface area contributed by atoms with Gasteiger partial charge in [-0.2, -0.15) is 0 Å². The van der Waals surface area contributed by atoms with Gasteiger partial charge in [0.2, 0.25) is 11.8 Å². The summed E-state index contributed by atoms with van der Waals surface area (Å²) in [5.41, 5.74) is 7.48. The number of carbonyl (C=O) groups is 3. The molecule has 1 aromatic heterocycles. The number of carbonyl (C=O) groups excluding carboxylic acids is 3. The van der Waals surface area contributed by atoms with Gasteiger partial charge in [0.25, 0.3) is 5.91 Å². The Kier molecular flexibility index (Phi) is 11.0. The fourth-order valence-electron chi connectivity index (χ4n) is 8.25. The molecule has 56 heavy (non-hydrogen) atoms. The number of nitrogens with zero attached hydrogens (tertiary/aromatic N) is 5. The summed E-state index contributed by atoms with van der Waals surface area (Å²) in [7, 11) is 0. The van der Waals surface area contributed by atoms with Crippen LogP contribution in [0.2, 0.25) is 0 Å². The molecule has 10 nitrogen and oxygen atoms in total. The van der Waals surface area contributed by atoms with Crippen molar-refractivity contribution in [3.63, 3.8) is 0 Å². The number of rotatable bonds is 12. The van der Waals surface area contributed by atoms with E-state index in [1.807, 2.05) is 82.7 Å². The highest BCUT2D eigenvalue weighted by molar-refractivity contribution is 6.04. The van der Waals surface area contributed by atoms with Crippen molar-refractivity contribution in [2.45, 2.75) is 51.6 Å². The van der Waals surface area contributed by atoms with Crippen LogP contribution in [0, 0.1) is 5.92 Å². The maximum Gasteiger partial charge on any atom is 0.255 e. The summed E-state index contributed by atoms with van der Waals surface area (Å²) >= 11 is 0. The Morgan fingerprint density at radius 2 is 1.41 bits per heavy atom. The Balaban J connectivity index is 0.870. The van der Waals surface area contributed by atoms with Crippen molar-refractivity contribution in [2.75, 3.05) is 56.0 Å². The fraction of sp³-hybridized carbons (Fsp3) is 0.348. The lowest BCUT2D eigenvalue weighted by Gasteiger charge is -2.36. The zero-order valence-corrected chi connectivity index (χ0v) is 32.4. The highest BCUT2D eigenvalue weighted by Gasteiger charge is 2.38. The second-order valence-electron chi connectivity index (χ2n) is 15.1. The normalized spacial score (nSPS) is 17.6. The lowest BCUT2D eigenvalue weighted by molar-refractivity contribution is -0.138. The lowest BCUT2D eigenvalue weighted by Crippen LogP contribution is -2.49. The number of nitrogens with one attached hydrogen (secondary N) is 2. The minimum absolute atomic E-state index is 0.0905. The minimum Gasteiger partial charge on any atom is -0.368 e. The first kappa shape index (κ1) is 37.2. The van der Waals surface area contributed by atoms with E-state index in [1.165, 1.54) is 0 Å². The molecule has 4 aromatic carbocycles. The molecule has 0 spiro atoms. The standard InChI is InChI=1S/C46H51N7O3/c1-3-50(4-2)42(35-9-6-5-7-10-35)46(56)53-26-8-11-41(53)43-47-31-40(49-43)34-14-12-32(13-15-34)33-18-22-38(23-19-33)48-44(54)36-20-24-39(25-21-36)51-27-29-52(30-28-51)45(55)37-16-17-37/h5-7,9-10,12-15,18-25,31,37,41-42H,3-4,8,11,16-17,26-30H2,1-2H3,(H,47,49)(H,48,54). The summed E-state index contributed by atoms with van der Waals surface area (Å²) < 4.78 is 0. The number of hydrogen-bond acceptors (Lipinski definition) is 6. The molecule has 3 aliphatic rings. The SMILES string of the molecule is CCN(CC)C(C(=O)N1CCCC1c1ncc(-c2ccc(-c3ccc(NC(=O)c4ccc(N5CCN(C(=O)C6CC6)CC5)cc4)cc3)cc2)[nH]1)c1ccccc1. The van der Waals surface area contributed by atoms with Crippen molar-refractivity contribution >= 4 is 29.1 Å². The molecule has 3 fully saturated rings. The van der Waals surface area contributed by atoms with E-state index in [1.54, 1.807) is 0 Å². The Labute approximate surface area is 329 Å². The monoisotopic (exact) mass is 749 g/mol. The summed E-state index contributed by atoms with van der Waals surface area (Å²) in [5.74, 6) is 1.38. The van der Waals surface area contributed by atoms with Crippen LogP contribution in [0.3, 0.4) is 0 Å². The van der Waals surface area contributed by atoms with Crippen LogP contribution in [0.4, 0.5) is 11.4 Å². The van der Waals surface area contributed by atoms with Crippen molar-refractivity contribution < 1.29 is 14.4 Å². The molecule has 0 radical (unpaired) electrons. The van der Waals surface area contributed by atoms with Gasteiger partial charge in [-0.1, -0.05) is 80.6 Å². The molecule has 2 unspecified atom stereocenters. The zero-order valence-electron chi connectivity index (χ0n) is 32.4. The summed E-state index contributed by atoms with van der Waals surface area (Å²) in [4.78, 5) is 56.5. The third-order valence-corrected chi connectivity index (χ3v) is 11.7. The van der Waals surface area contributed by atoms with Crippen LogP contribution >= 0.6 is 0 Å². The number of aromatic nitrogens is 2. The summed E-state index contributed by atoms with van der Waals surface area (Å²) in [5, 5.41) is 3.03. The molecule has 1 saturated carbocycles. The second-order valence-corrected chi connectivity index (χ2v) is 15.1. The van der Waals surface area contributed by atoms with Crippen molar-refractivity contribution in [1.82, 2.24) is 24.7 Å². The maximum absolute atomic E-state index is 14.2. The van der Waals surface area contributed by atoms with E-state index in [0.29, 0.717) is 11.5 Å². The van der Waals surface area contributed by atoms with Gasteiger partial charge >= 0.3 is 0 Å². The van der Waals surface area contributed by atoms with Gasteiger partial charge in [-0.3, -0.25) is 19.3 Å². The van der Waals surface area contributed by atoms with E-state index in [-0.39, 0.29) is 29.8 Å². The first-order valence-electron chi connectivity index (χ1n) is 20.2. The largest absolute Gasteiger partial charge is 0.368 e. The highest BCUT2D eigenvalue weighted by atomic mass is 16.2. The van der Waals surface area contributed by atoms with Crippen molar-refractivity contribution in [3.8, 4) is 22.4 Å². The molecule has 10 heteroatoms. The van der Waals surface area contributed by atoms with Crippen molar-refractivity contribution in [2.24, 2.45) is 5.92 Å². The first-order valence-corrected chi connectivity index (χ1v) is 20.2. The maximum atomic E-state index is 14.2. The van der Waals surface area contributed by atoms with Crippen LogP contribution in [0.1, 0.15) is 73.4 Å². The molecule has 2 atom stereocenters. The number of likely N-dealkylation sites (tertiary alicyclic amines) is 1. The predicted octanol–water partition coefficient (Wildman–Crippen LogP) is 7.80. The van der Waals surface area contributed by atoms with E-state index in [2.05, 4.69) is 70.3 Å². The van der Waals surface area contributed by atoms with E-state index in [4.69, 9.17) is 4.98 Å². The molecule has 2 aliphatic heterocycles. The van der Waals surface area contributed by atoms with Crippen LogP contribution in [0.15, 0.2) is 109 Å². The van der Waals surface area contributed by atoms with E-state index in [9.17, 15) is 14.4 Å². The van der Waals surface area contributed by atoms with Gasteiger partial charge in [-0.25, -0.2) is 4.98 Å². The number of anilines is 2. The fourth-order valence-corrected chi connectivity index (χ4v) is 8.25. The molecule has 8 rings (SSSR count).